The molecule has 1 aliphatic rings. The lowest BCUT2D eigenvalue weighted by molar-refractivity contribution is -0.130. The van der Waals surface area contributed by atoms with Crippen LogP contribution in [0.5, 0.6) is 5.75 Å². The smallest absolute Gasteiger partial charge is 0.340 e. The van der Waals surface area contributed by atoms with Crippen LogP contribution in [0.25, 0.3) is 21.9 Å². The minimum Gasteiger partial charge on any atom is -0.495 e. The average Bonchev–Trinajstić information content (AvgIpc) is 3.23. The van der Waals surface area contributed by atoms with Crippen molar-refractivity contribution in [1.29, 1.82) is 0 Å². The zero-order valence-electron chi connectivity index (χ0n) is 19.9. The molecule has 3 heterocycles. The Bertz CT molecular complexity index is 1460. The number of hydrogen-bond acceptors (Lipinski definition) is 6. The van der Waals surface area contributed by atoms with Gasteiger partial charge in [-0.25, -0.2) is 4.79 Å². The van der Waals surface area contributed by atoms with Gasteiger partial charge in [0.25, 0.3) is 0 Å². The zero-order valence-corrected chi connectivity index (χ0v) is 19.9. The standard InChI is InChI=1S/C27H28N2O5/c1-16-15-33-25-18(3)26-20(13-19(16)25)17(2)21(27(31)34-26)14-24(30)29-11-9-28(10-12-29)22-7-5-6-8-23(22)32-4/h5-8,13,15H,9-12,14H2,1-4H3. The number of benzene rings is 2. The lowest BCUT2D eigenvalue weighted by Crippen LogP contribution is -2.49. The second-order valence-electron chi connectivity index (χ2n) is 8.88. The molecule has 0 saturated carbocycles. The molecule has 1 amide bonds. The SMILES string of the molecule is COc1ccccc1N1CCN(C(=O)Cc2c(C)c3cc4c(C)coc4c(C)c3oc2=O)CC1. The molecule has 7 heteroatoms. The van der Waals surface area contributed by atoms with Crippen LogP contribution in [0.3, 0.4) is 0 Å². The maximum Gasteiger partial charge on any atom is 0.340 e. The first-order valence-electron chi connectivity index (χ1n) is 11.5. The van der Waals surface area contributed by atoms with Crippen molar-refractivity contribution < 1.29 is 18.4 Å². The first-order valence-corrected chi connectivity index (χ1v) is 11.5. The lowest BCUT2D eigenvalue weighted by Gasteiger charge is -2.36. The molecule has 0 atom stereocenters. The van der Waals surface area contributed by atoms with E-state index in [0.717, 1.165) is 44.5 Å². The number of para-hydroxylation sites is 2. The van der Waals surface area contributed by atoms with Crippen LogP contribution in [0.4, 0.5) is 5.69 Å². The van der Waals surface area contributed by atoms with Gasteiger partial charge in [-0.2, -0.15) is 0 Å². The number of carbonyl (C=O) groups is 1. The van der Waals surface area contributed by atoms with Crippen molar-refractivity contribution in [3.8, 4) is 5.75 Å². The molecule has 5 rings (SSSR count). The van der Waals surface area contributed by atoms with E-state index >= 15 is 0 Å². The number of ether oxygens (including phenoxy) is 1. The topological polar surface area (TPSA) is 76.1 Å². The number of rotatable bonds is 4. The molecule has 1 aliphatic heterocycles. The molecule has 176 valence electrons. The van der Waals surface area contributed by atoms with Gasteiger partial charge in [0.1, 0.15) is 16.9 Å². The van der Waals surface area contributed by atoms with E-state index in [-0.39, 0.29) is 12.3 Å². The fourth-order valence-electron chi connectivity index (χ4n) is 4.87. The lowest BCUT2D eigenvalue weighted by atomic mass is 9.99. The number of nitrogens with zero attached hydrogens (tertiary/aromatic N) is 2. The van der Waals surface area contributed by atoms with Crippen LogP contribution < -0.4 is 15.3 Å². The summed E-state index contributed by atoms with van der Waals surface area (Å²) in [6.45, 7) is 8.35. The van der Waals surface area contributed by atoms with E-state index in [2.05, 4.69) is 4.90 Å². The van der Waals surface area contributed by atoms with Gasteiger partial charge in [0.2, 0.25) is 5.91 Å². The Morgan fingerprint density at radius 1 is 1.00 bits per heavy atom. The third-order valence-corrected chi connectivity index (χ3v) is 6.92. The Morgan fingerprint density at radius 2 is 1.74 bits per heavy atom. The largest absolute Gasteiger partial charge is 0.495 e. The number of hydrogen-bond donors (Lipinski definition) is 0. The van der Waals surface area contributed by atoms with Crippen molar-refractivity contribution in [3.05, 3.63) is 69.3 Å². The second kappa shape index (κ2) is 8.56. The summed E-state index contributed by atoms with van der Waals surface area (Å²) in [5.74, 6) is 0.760. The molecule has 2 aromatic heterocycles. The van der Waals surface area contributed by atoms with E-state index in [1.54, 1.807) is 13.4 Å². The van der Waals surface area contributed by atoms with Crippen LogP contribution >= 0.6 is 0 Å². The predicted octanol–water partition coefficient (Wildman–Crippen LogP) is 4.36. The van der Waals surface area contributed by atoms with Gasteiger partial charge in [-0.05, 0) is 50.1 Å². The van der Waals surface area contributed by atoms with E-state index in [4.69, 9.17) is 13.6 Å². The highest BCUT2D eigenvalue weighted by molar-refractivity contribution is 6.00. The average molecular weight is 461 g/mol. The molecule has 2 aromatic carbocycles. The van der Waals surface area contributed by atoms with Crippen molar-refractivity contribution in [2.45, 2.75) is 27.2 Å². The molecule has 0 aliphatic carbocycles. The highest BCUT2D eigenvalue weighted by Crippen LogP contribution is 2.33. The summed E-state index contributed by atoms with van der Waals surface area (Å²) in [7, 11) is 1.66. The van der Waals surface area contributed by atoms with Crippen LogP contribution in [0.15, 0.2) is 50.2 Å². The molecule has 0 N–H and O–H groups in total. The Labute approximate surface area is 197 Å². The van der Waals surface area contributed by atoms with Gasteiger partial charge in [0.15, 0.2) is 0 Å². The summed E-state index contributed by atoms with van der Waals surface area (Å²) in [6, 6.07) is 9.89. The summed E-state index contributed by atoms with van der Waals surface area (Å²) < 4.78 is 16.8. The third kappa shape index (κ3) is 3.61. The van der Waals surface area contributed by atoms with E-state index in [9.17, 15) is 9.59 Å². The highest BCUT2D eigenvalue weighted by atomic mass is 16.5. The Balaban J connectivity index is 1.38. The molecule has 1 fully saturated rings. The highest BCUT2D eigenvalue weighted by Gasteiger charge is 2.25. The van der Waals surface area contributed by atoms with Gasteiger partial charge >= 0.3 is 5.63 Å². The summed E-state index contributed by atoms with van der Waals surface area (Å²) in [6.07, 6.45) is 1.74. The van der Waals surface area contributed by atoms with Crippen LogP contribution in [0.2, 0.25) is 0 Å². The van der Waals surface area contributed by atoms with Crippen molar-refractivity contribution in [3.63, 3.8) is 0 Å². The van der Waals surface area contributed by atoms with Gasteiger partial charge < -0.3 is 23.4 Å². The number of aryl methyl sites for hydroxylation is 3. The molecule has 34 heavy (non-hydrogen) atoms. The summed E-state index contributed by atoms with van der Waals surface area (Å²) in [4.78, 5) is 30.1. The fourth-order valence-corrected chi connectivity index (χ4v) is 4.87. The first-order chi connectivity index (χ1) is 16.4. The predicted molar refractivity (Wildman–Crippen MR) is 132 cm³/mol. The molecule has 4 aromatic rings. The van der Waals surface area contributed by atoms with Crippen molar-refractivity contribution >= 4 is 33.5 Å². The summed E-state index contributed by atoms with van der Waals surface area (Å²) in [5.41, 5.74) is 4.84. The molecular weight excluding hydrogens is 432 g/mol. The van der Waals surface area contributed by atoms with Crippen molar-refractivity contribution in [2.24, 2.45) is 0 Å². The quantitative estimate of drug-likeness (QED) is 0.421. The molecule has 0 unspecified atom stereocenters. The number of amides is 1. The number of anilines is 1. The van der Waals surface area contributed by atoms with Crippen LogP contribution in [-0.2, 0) is 11.2 Å². The summed E-state index contributed by atoms with van der Waals surface area (Å²) >= 11 is 0. The molecule has 1 saturated heterocycles. The number of methoxy groups -OCH3 is 1. The zero-order chi connectivity index (χ0) is 24.0. The number of furan rings is 1. The van der Waals surface area contributed by atoms with Crippen LogP contribution in [-0.4, -0.2) is 44.1 Å². The number of fused-ring (bicyclic) bond motifs is 2. The Kier molecular flexibility index (Phi) is 5.55. The van der Waals surface area contributed by atoms with Gasteiger partial charge in [-0.1, -0.05) is 12.1 Å². The van der Waals surface area contributed by atoms with Gasteiger partial charge in [-0.3, -0.25) is 4.79 Å². The van der Waals surface area contributed by atoms with E-state index < -0.39 is 5.63 Å². The third-order valence-electron chi connectivity index (χ3n) is 6.92. The normalized spacial score (nSPS) is 14.2. The second-order valence-corrected chi connectivity index (χ2v) is 8.88. The minimum absolute atomic E-state index is 0.0280. The fraction of sp³-hybridized carbons (Fsp3) is 0.333. The molecule has 0 bridgehead atoms. The van der Waals surface area contributed by atoms with E-state index in [1.165, 1.54) is 0 Å². The number of piperazine rings is 1. The van der Waals surface area contributed by atoms with E-state index in [0.29, 0.717) is 37.3 Å². The molecule has 7 nitrogen and oxygen atoms in total. The Hall–Kier alpha value is -3.74. The van der Waals surface area contributed by atoms with Gasteiger partial charge in [-0.15, -0.1) is 0 Å². The number of carbonyl (C=O) groups excluding carboxylic acids is 1. The minimum atomic E-state index is -0.461. The molecular formula is C27H28N2O5. The maximum atomic E-state index is 13.2. The van der Waals surface area contributed by atoms with Gasteiger partial charge in [0.05, 0.1) is 31.0 Å². The van der Waals surface area contributed by atoms with E-state index in [1.807, 2.05) is 56.0 Å². The van der Waals surface area contributed by atoms with Crippen LogP contribution in [0, 0.1) is 20.8 Å². The van der Waals surface area contributed by atoms with Crippen LogP contribution in [0.1, 0.15) is 22.3 Å². The molecule has 0 spiro atoms. The first kappa shape index (κ1) is 22.1. The summed E-state index contributed by atoms with van der Waals surface area (Å²) in [5, 5.41) is 1.84. The van der Waals surface area contributed by atoms with Gasteiger partial charge in [0, 0.05) is 42.5 Å². The van der Waals surface area contributed by atoms with Crippen molar-refractivity contribution in [1.82, 2.24) is 4.90 Å². The monoisotopic (exact) mass is 460 g/mol. The maximum absolute atomic E-state index is 13.2. The van der Waals surface area contributed by atoms with Crippen molar-refractivity contribution in [2.75, 3.05) is 38.2 Å². The Morgan fingerprint density at radius 3 is 2.47 bits per heavy atom. The molecule has 0 radical (unpaired) electrons.